The number of esters is 1. The molecule has 0 bridgehead atoms. The Morgan fingerprint density at radius 2 is 2.19 bits per heavy atom. The summed E-state index contributed by atoms with van der Waals surface area (Å²) >= 11 is 2.35. The topological polar surface area (TPSA) is 110 Å². The molecule has 0 saturated carbocycles. The standard InChI is InChI=1S/C15H16FNO7S2/c1-6(18)9-11(19)17-10(14(25-4-3-16)26-12(9)17)13(20)22-5-8-7(2)23-15(21)24-8/h6,9,12,18H,3-5H2,1-2H3/t6-,9+,12-/m1/s1. The molecule has 1 aromatic rings. The highest BCUT2D eigenvalue weighted by molar-refractivity contribution is 8.22. The summed E-state index contributed by atoms with van der Waals surface area (Å²) in [5.41, 5.74) is 0.0313. The molecule has 1 saturated heterocycles. The highest BCUT2D eigenvalue weighted by atomic mass is 32.2. The number of hydrogen-bond acceptors (Lipinski definition) is 9. The second kappa shape index (κ2) is 7.49. The van der Waals surface area contributed by atoms with Crippen LogP contribution in [0.5, 0.6) is 0 Å². The number of fused-ring (bicyclic) bond motifs is 1. The van der Waals surface area contributed by atoms with Gasteiger partial charge in [0, 0.05) is 5.75 Å². The number of rotatable bonds is 7. The summed E-state index contributed by atoms with van der Waals surface area (Å²) in [7, 11) is 0. The minimum absolute atomic E-state index is 0.0313. The molecule has 0 aliphatic carbocycles. The van der Waals surface area contributed by atoms with Gasteiger partial charge in [0.05, 0.1) is 22.9 Å². The van der Waals surface area contributed by atoms with Crippen LogP contribution < -0.4 is 5.82 Å². The van der Waals surface area contributed by atoms with Crippen molar-refractivity contribution < 1.29 is 32.7 Å². The Balaban J connectivity index is 1.77. The molecule has 2 aliphatic rings. The molecule has 11 heteroatoms. The lowest BCUT2D eigenvalue weighted by Crippen LogP contribution is -2.60. The van der Waals surface area contributed by atoms with Crippen molar-refractivity contribution in [3.63, 3.8) is 0 Å². The van der Waals surface area contributed by atoms with Crippen LogP contribution in [0.4, 0.5) is 4.39 Å². The van der Waals surface area contributed by atoms with Crippen LogP contribution >= 0.6 is 23.5 Å². The molecule has 0 aromatic carbocycles. The van der Waals surface area contributed by atoms with E-state index in [1.54, 1.807) is 0 Å². The van der Waals surface area contributed by atoms with Gasteiger partial charge in [-0.2, -0.15) is 0 Å². The van der Waals surface area contributed by atoms with Crippen molar-refractivity contribution in [1.82, 2.24) is 4.90 Å². The lowest BCUT2D eigenvalue weighted by atomic mass is 9.92. The number of aliphatic hydroxyl groups is 1. The van der Waals surface area contributed by atoms with Gasteiger partial charge in [0.2, 0.25) is 5.91 Å². The minimum Gasteiger partial charge on any atom is -0.453 e. The number of carbonyl (C=O) groups excluding carboxylic acids is 2. The number of halogens is 1. The minimum atomic E-state index is -0.902. The lowest BCUT2D eigenvalue weighted by molar-refractivity contribution is -0.158. The quantitative estimate of drug-likeness (QED) is 0.531. The highest BCUT2D eigenvalue weighted by Gasteiger charge is 2.58. The lowest BCUT2D eigenvalue weighted by Gasteiger charge is -2.43. The van der Waals surface area contributed by atoms with Crippen LogP contribution in [-0.2, 0) is 20.9 Å². The number of nitrogens with zero attached hydrogens (tertiary/aromatic N) is 1. The van der Waals surface area contributed by atoms with Gasteiger partial charge in [-0.25, -0.2) is 9.59 Å². The van der Waals surface area contributed by atoms with Crippen LogP contribution in [0.25, 0.3) is 0 Å². The predicted molar refractivity (Wildman–Crippen MR) is 90.6 cm³/mol. The van der Waals surface area contributed by atoms with Crippen LogP contribution in [0.15, 0.2) is 23.6 Å². The van der Waals surface area contributed by atoms with E-state index in [-0.39, 0.29) is 35.5 Å². The average Bonchev–Trinajstić information content (AvgIpc) is 3.06. The number of β-lactam (4-membered cyclic amide) rings is 1. The van der Waals surface area contributed by atoms with Gasteiger partial charge < -0.3 is 18.7 Å². The molecule has 3 heterocycles. The number of alkyl halides is 1. The smallest absolute Gasteiger partial charge is 0.453 e. The third-order valence-electron chi connectivity index (χ3n) is 3.94. The molecule has 142 valence electrons. The van der Waals surface area contributed by atoms with E-state index in [0.717, 1.165) is 11.8 Å². The Bertz CT molecular complexity index is 815. The third kappa shape index (κ3) is 3.30. The van der Waals surface area contributed by atoms with Gasteiger partial charge in [-0.05, 0) is 13.8 Å². The molecule has 2 aliphatic heterocycles. The van der Waals surface area contributed by atoms with Crippen molar-refractivity contribution in [3.05, 3.63) is 32.1 Å². The fourth-order valence-electron chi connectivity index (χ4n) is 2.68. The number of amides is 1. The number of aliphatic hydroxyl groups excluding tert-OH is 1. The van der Waals surface area contributed by atoms with Crippen LogP contribution in [0.1, 0.15) is 18.4 Å². The van der Waals surface area contributed by atoms with Crippen molar-refractivity contribution in [2.24, 2.45) is 5.92 Å². The van der Waals surface area contributed by atoms with E-state index < -0.39 is 35.9 Å². The van der Waals surface area contributed by atoms with E-state index in [1.165, 1.54) is 30.5 Å². The van der Waals surface area contributed by atoms with Gasteiger partial charge in [0.25, 0.3) is 0 Å². The zero-order valence-corrected chi connectivity index (χ0v) is 15.5. The summed E-state index contributed by atoms with van der Waals surface area (Å²) in [4.78, 5) is 37.1. The number of aryl methyl sites for hydroxylation is 1. The van der Waals surface area contributed by atoms with Gasteiger partial charge in [-0.3, -0.25) is 14.1 Å². The Morgan fingerprint density at radius 3 is 2.77 bits per heavy atom. The highest BCUT2D eigenvalue weighted by Crippen LogP contribution is 2.53. The van der Waals surface area contributed by atoms with Gasteiger partial charge in [-0.1, -0.05) is 11.8 Å². The first kappa shape index (κ1) is 19.1. The summed E-state index contributed by atoms with van der Waals surface area (Å²) in [5.74, 6) is -2.31. The molecular weight excluding hydrogens is 389 g/mol. The van der Waals surface area contributed by atoms with E-state index in [1.807, 2.05) is 0 Å². The van der Waals surface area contributed by atoms with E-state index in [4.69, 9.17) is 9.15 Å². The fourth-order valence-corrected chi connectivity index (χ4v) is 5.40. The van der Waals surface area contributed by atoms with Crippen LogP contribution in [0, 0.1) is 12.8 Å². The Hall–Kier alpha value is -1.72. The van der Waals surface area contributed by atoms with Crippen molar-refractivity contribution in [3.8, 4) is 0 Å². The number of thioether (sulfide) groups is 2. The molecule has 0 unspecified atom stereocenters. The van der Waals surface area contributed by atoms with E-state index >= 15 is 0 Å². The first-order chi connectivity index (χ1) is 12.3. The van der Waals surface area contributed by atoms with Gasteiger partial charge >= 0.3 is 11.8 Å². The van der Waals surface area contributed by atoms with Crippen LogP contribution in [0.3, 0.4) is 0 Å². The summed E-state index contributed by atoms with van der Waals surface area (Å²) in [5, 5.41) is 9.33. The predicted octanol–water partition coefficient (Wildman–Crippen LogP) is 1.37. The molecular formula is C15H16FNO7S2. The zero-order valence-electron chi connectivity index (χ0n) is 13.9. The summed E-state index contributed by atoms with van der Waals surface area (Å²) < 4.78 is 27.6. The molecule has 0 radical (unpaired) electrons. The maximum atomic E-state index is 12.5. The van der Waals surface area contributed by atoms with Crippen LogP contribution in [0.2, 0.25) is 0 Å². The van der Waals surface area contributed by atoms with E-state index in [2.05, 4.69) is 4.42 Å². The number of ether oxygens (including phenoxy) is 1. The van der Waals surface area contributed by atoms with E-state index in [0.29, 0.717) is 4.24 Å². The van der Waals surface area contributed by atoms with Crippen molar-refractivity contribution in [2.45, 2.75) is 31.9 Å². The molecule has 1 amide bonds. The van der Waals surface area contributed by atoms with E-state index in [9.17, 15) is 23.9 Å². The van der Waals surface area contributed by atoms with Crippen molar-refractivity contribution in [1.29, 1.82) is 0 Å². The largest absolute Gasteiger partial charge is 0.519 e. The van der Waals surface area contributed by atoms with Crippen LogP contribution in [-0.4, -0.2) is 45.8 Å². The average molecular weight is 405 g/mol. The number of carbonyl (C=O) groups is 2. The fraction of sp³-hybridized carbons (Fsp3) is 0.533. The van der Waals surface area contributed by atoms with Gasteiger partial charge in [-0.15, -0.1) is 11.8 Å². The summed E-state index contributed by atoms with van der Waals surface area (Å²) in [6.45, 7) is 2.07. The molecule has 1 N–H and O–H groups in total. The first-order valence-electron chi connectivity index (χ1n) is 7.72. The molecule has 1 aromatic heterocycles. The third-order valence-corrected chi connectivity index (χ3v) is 6.55. The second-order valence-corrected chi connectivity index (χ2v) is 8.16. The summed E-state index contributed by atoms with van der Waals surface area (Å²) in [6, 6.07) is 0. The first-order valence-corrected chi connectivity index (χ1v) is 9.59. The summed E-state index contributed by atoms with van der Waals surface area (Å²) in [6.07, 6.45) is -0.859. The van der Waals surface area contributed by atoms with Gasteiger partial charge in [0.1, 0.15) is 5.37 Å². The molecule has 3 rings (SSSR count). The molecule has 8 nitrogen and oxygen atoms in total. The monoisotopic (exact) mass is 405 g/mol. The maximum Gasteiger partial charge on any atom is 0.519 e. The Morgan fingerprint density at radius 1 is 1.46 bits per heavy atom. The Labute approximate surface area is 155 Å². The molecule has 1 fully saturated rings. The zero-order chi connectivity index (χ0) is 19.0. The molecule has 0 spiro atoms. The number of hydrogen-bond donors (Lipinski definition) is 1. The normalized spacial score (nSPS) is 23.1. The van der Waals surface area contributed by atoms with Crippen molar-refractivity contribution in [2.75, 3.05) is 12.4 Å². The second-order valence-electron chi connectivity index (χ2n) is 5.67. The molecule has 3 atom stereocenters. The molecule has 26 heavy (non-hydrogen) atoms. The SMILES string of the molecule is Cc1oc(=O)oc1COC(=O)C1=C(SCCF)S[C@@H]2[C@@H]([C@@H](C)O)C(=O)N12. The van der Waals surface area contributed by atoms with Gasteiger partial charge in [0.15, 0.2) is 23.8 Å². The Kier molecular flexibility index (Phi) is 5.49. The maximum absolute atomic E-state index is 12.5. The van der Waals surface area contributed by atoms with Crippen molar-refractivity contribution >= 4 is 35.4 Å².